The first-order chi connectivity index (χ1) is 12.1. The average molecular weight is 361 g/mol. The number of amides is 2. The summed E-state index contributed by atoms with van der Waals surface area (Å²) in [4.78, 5) is 30.1. The summed E-state index contributed by atoms with van der Waals surface area (Å²) in [5.41, 5.74) is 5.39. The fraction of sp³-hybridized carbons (Fsp3) is 0.533. The molecule has 0 aromatic carbocycles. The number of primary amides is 1. The zero-order valence-corrected chi connectivity index (χ0v) is 14.4. The van der Waals surface area contributed by atoms with Gasteiger partial charge in [-0.05, 0) is 25.3 Å². The van der Waals surface area contributed by atoms with Crippen molar-refractivity contribution in [1.29, 1.82) is 0 Å². The molecule has 1 unspecified atom stereocenters. The number of rotatable bonds is 5. The Bertz CT molecular complexity index is 775. The molecule has 0 aliphatic carbocycles. The van der Waals surface area contributed by atoms with Gasteiger partial charge >= 0.3 is 0 Å². The third kappa shape index (κ3) is 3.27. The molecule has 5 heterocycles. The number of thiazole rings is 1. The maximum absolute atomic E-state index is 12.5. The Morgan fingerprint density at radius 2 is 2.32 bits per heavy atom. The van der Waals surface area contributed by atoms with E-state index < -0.39 is 5.91 Å². The van der Waals surface area contributed by atoms with Crippen molar-refractivity contribution < 1.29 is 9.59 Å². The van der Waals surface area contributed by atoms with Crippen LogP contribution in [0.5, 0.6) is 0 Å². The van der Waals surface area contributed by atoms with Gasteiger partial charge in [-0.25, -0.2) is 4.98 Å². The summed E-state index contributed by atoms with van der Waals surface area (Å²) in [5, 5.41) is 13.2. The summed E-state index contributed by atoms with van der Waals surface area (Å²) in [6.45, 7) is 2.37. The Morgan fingerprint density at radius 3 is 2.96 bits per heavy atom. The molecule has 0 radical (unpaired) electrons. The highest BCUT2D eigenvalue weighted by molar-refractivity contribution is 7.13. The maximum atomic E-state index is 12.5. The molecule has 10 heteroatoms. The quantitative estimate of drug-likeness (QED) is 0.784. The number of fused-ring (bicyclic) bond motifs is 3. The molecule has 2 aromatic heterocycles. The molecule has 3 N–H and O–H groups in total. The third-order valence-corrected chi connectivity index (χ3v) is 5.76. The SMILES string of the molecule is NC(=O)c1cn(C[C@H]2C[C@H]3CCN2C[C@@H]3C(=O)Nc2nccs2)nn1. The van der Waals surface area contributed by atoms with Crippen LogP contribution in [0.4, 0.5) is 5.13 Å². The van der Waals surface area contributed by atoms with Crippen molar-refractivity contribution in [3.05, 3.63) is 23.5 Å². The second-order valence-electron chi connectivity index (χ2n) is 6.56. The molecule has 25 heavy (non-hydrogen) atoms. The van der Waals surface area contributed by atoms with Crippen molar-refractivity contribution in [2.75, 3.05) is 18.4 Å². The molecular formula is C15H19N7O2S. The van der Waals surface area contributed by atoms with Gasteiger partial charge in [-0.1, -0.05) is 5.21 Å². The predicted molar refractivity (Wildman–Crippen MR) is 90.9 cm³/mol. The van der Waals surface area contributed by atoms with Gasteiger partial charge < -0.3 is 11.1 Å². The lowest BCUT2D eigenvalue weighted by Gasteiger charge is -2.49. The standard InChI is InChI=1S/C15H19N7O2S/c16-13(23)12-8-22(20-19-12)6-10-5-9-1-3-21(10)7-11(9)14(24)18-15-17-2-4-25-15/h2,4,8-11H,1,3,5-7H2,(H2,16,23)(H,17,18,24)/t9-,10-,11+/m1/s1. The minimum Gasteiger partial charge on any atom is -0.364 e. The van der Waals surface area contributed by atoms with E-state index in [1.54, 1.807) is 17.1 Å². The van der Waals surface area contributed by atoms with Gasteiger partial charge in [-0.2, -0.15) is 0 Å². The number of hydrogen-bond acceptors (Lipinski definition) is 7. The van der Waals surface area contributed by atoms with Crippen LogP contribution in [0.25, 0.3) is 0 Å². The van der Waals surface area contributed by atoms with Crippen LogP contribution in [0.3, 0.4) is 0 Å². The second-order valence-corrected chi connectivity index (χ2v) is 7.45. The molecule has 5 rings (SSSR count). The van der Waals surface area contributed by atoms with Crippen LogP contribution in [0.1, 0.15) is 23.3 Å². The number of piperidine rings is 3. The Morgan fingerprint density at radius 1 is 1.44 bits per heavy atom. The first kappa shape index (κ1) is 16.2. The van der Waals surface area contributed by atoms with Gasteiger partial charge in [0.2, 0.25) is 5.91 Å². The van der Waals surface area contributed by atoms with Crippen molar-refractivity contribution in [3.8, 4) is 0 Å². The van der Waals surface area contributed by atoms with Crippen molar-refractivity contribution in [1.82, 2.24) is 24.9 Å². The van der Waals surface area contributed by atoms with E-state index >= 15 is 0 Å². The molecule has 4 atom stereocenters. The summed E-state index contributed by atoms with van der Waals surface area (Å²) in [6.07, 6.45) is 5.22. The monoisotopic (exact) mass is 361 g/mol. The van der Waals surface area contributed by atoms with Crippen LogP contribution >= 0.6 is 11.3 Å². The van der Waals surface area contributed by atoms with E-state index in [0.717, 1.165) is 25.9 Å². The molecule has 2 aromatic rings. The predicted octanol–water partition coefficient (Wildman–Crippen LogP) is 0.183. The number of hydrogen-bond donors (Lipinski definition) is 2. The topological polar surface area (TPSA) is 119 Å². The van der Waals surface area contributed by atoms with E-state index in [0.29, 0.717) is 23.6 Å². The Labute approximate surface area is 148 Å². The zero-order valence-electron chi connectivity index (χ0n) is 13.5. The minimum atomic E-state index is -0.573. The van der Waals surface area contributed by atoms with Gasteiger partial charge in [0.1, 0.15) is 0 Å². The third-order valence-electron chi connectivity index (χ3n) is 5.07. The molecule has 2 bridgehead atoms. The van der Waals surface area contributed by atoms with Crippen molar-refractivity contribution >= 4 is 28.3 Å². The van der Waals surface area contributed by atoms with Gasteiger partial charge in [-0.3, -0.25) is 19.2 Å². The first-order valence-corrected chi connectivity index (χ1v) is 9.12. The minimum absolute atomic E-state index is 0.00849. The van der Waals surface area contributed by atoms with Crippen LogP contribution in [0.15, 0.2) is 17.8 Å². The van der Waals surface area contributed by atoms with Crippen LogP contribution < -0.4 is 11.1 Å². The normalized spacial score (nSPS) is 28.0. The number of aromatic nitrogens is 4. The highest BCUT2D eigenvalue weighted by atomic mass is 32.1. The lowest BCUT2D eigenvalue weighted by Crippen LogP contribution is -2.57. The van der Waals surface area contributed by atoms with E-state index in [-0.39, 0.29) is 17.5 Å². The van der Waals surface area contributed by atoms with Crippen molar-refractivity contribution in [2.45, 2.75) is 25.4 Å². The highest BCUT2D eigenvalue weighted by Crippen LogP contribution is 2.37. The summed E-state index contributed by atoms with van der Waals surface area (Å²) < 4.78 is 1.66. The van der Waals surface area contributed by atoms with Crippen LogP contribution in [0.2, 0.25) is 0 Å². The van der Waals surface area contributed by atoms with E-state index in [1.807, 2.05) is 5.38 Å². The molecule has 132 valence electrons. The molecular weight excluding hydrogens is 342 g/mol. The van der Waals surface area contributed by atoms with Crippen molar-refractivity contribution in [3.63, 3.8) is 0 Å². The van der Waals surface area contributed by atoms with Gasteiger partial charge in [-0.15, -0.1) is 16.4 Å². The summed E-state index contributed by atoms with van der Waals surface area (Å²) in [6, 6.07) is 0.296. The second kappa shape index (κ2) is 6.52. The van der Waals surface area contributed by atoms with Gasteiger partial charge in [0.25, 0.3) is 5.91 Å². The fourth-order valence-corrected chi connectivity index (χ4v) is 4.36. The molecule has 3 fully saturated rings. The first-order valence-electron chi connectivity index (χ1n) is 8.24. The molecule has 3 aliphatic rings. The highest BCUT2D eigenvalue weighted by Gasteiger charge is 2.43. The van der Waals surface area contributed by atoms with E-state index in [1.165, 1.54) is 11.3 Å². The van der Waals surface area contributed by atoms with Gasteiger partial charge in [0, 0.05) is 24.2 Å². The summed E-state index contributed by atoms with van der Waals surface area (Å²) in [7, 11) is 0. The van der Waals surface area contributed by atoms with Crippen LogP contribution in [0, 0.1) is 11.8 Å². The summed E-state index contributed by atoms with van der Waals surface area (Å²) in [5.74, 6) is -0.171. The smallest absolute Gasteiger partial charge is 0.270 e. The molecule has 0 spiro atoms. The van der Waals surface area contributed by atoms with Crippen LogP contribution in [-0.2, 0) is 11.3 Å². The van der Waals surface area contributed by atoms with E-state index in [4.69, 9.17) is 5.73 Å². The largest absolute Gasteiger partial charge is 0.364 e. The Balaban J connectivity index is 1.39. The van der Waals surface area contributed by atoms with E-state index in [9.17, 15) is 9.59 Å². The number of nitrogens with two attached hydrogens (primary N) is 1. The Hall–Kier alpha value is -2.33. The fourth-order valence-electron chi connectivity index (χ4n) is 3.82. The molecule has 9 nitrogen and oxygen atoms in total. The molecule has 3 saturated heterocycles. The number of anilines is 1. The Kier molecular flexibility index (Phi) is 4.22. The number of nitrogens with one attached hydrogen (secondary N) is 1. The number of carbonyl (C=O) groups excluding carboxylic acids is 2. The molecule has 3 aliphatic heterocycles. The zero-order chi connectivity index (χ0) is 17.4. The maximum Gasteiger partial charge on any atom is 0.270 e. The number of carbonyl (C=O) groups is 2. The van der Waals surface area contributed by atoms with Gasteiger partial charge in [0.15, 0.2) is 10.8 Å². The average Bonchev–Trinajstić information content (AvgIpc) is 3.27. The molecule has 2 amide bonds. The lowest BCUT2D eigenvalue weighted by molar-refractivity contribution is -0.127. The van der Waals surface area contributed by atoms with Crippen LogP contribution in [-0.4, -0.2) is 55.8 Å². The lowest BCUT2D eigenvalue weighted by atomic mass is 9.75. The number of nitrogens with zero attached hydrogens (tertiary/aromatic N) is 5. The summed E-state index contributed by atoms with van der Waals surface area (Å²) >= 11 is 1.43. The van der Waals surface area contributed by atoms with Crippen molar-refractivity contribution in [2.24, 2.45) is 17.6 Å². The molecule has 0 saturated carbocycles. The van der Waals surface area contributed by atoms with E-state index in [2.05, 4.69) is 25.5 Å². The van der Waals surface area contributed by atoms with Gasteiger partial charge in [0.05, 0.1) is 18.7 Å².